The van der Waals surface area contributed by atoms with Crippen molar-refractivity contribution in [2.75, 3.05) is 5.75 Å². The molecule has 1 aromatic rings. The van der Waals surface area contributed by atoms with E-state index in [1.54, 1.807) is 0 Å². The molecule has 0 aliphatic carbocycles. The van der Waals surface area contributed by atoms with E-state index in [0.717, 1.165) is 0 Å². The highest BCUT2D eigenvalue weighted by Crippen LogP contribution is 2.27. The van der Waals surface area contributed by atoms with Gasteiger partial charge in [-0.25, -0.2) is 4.39 Å². The predicted molar refractivity (Wildman–Crippen MR) is 63.5 cm³/mol. The molecule has 1 aromatic carbocycles. The third kappa shape index (κ3) is 3.45. The minimum Gasteiger partial charge on any atom is -0.390 e. The topological polar surface area (TPSA) is 40.5 Å². The van der Waals surface area contributed by atoms with Crippen molar-refractivity contribution in [2.24, 2.45) is 0 Å². The summed E-state index contributed by atoms with van der Waals surface area (Å²) in [5.74, 6) is 0.0239. The molecule has 84 valence electrons. The van der Waals surface area contributed by atoms with Crippen LogP contribution in [0.3, 0.4) is 0 Å². The van der Waals surface area contributed by atoms with Crippen molar-refractivity contribution in [1.29, 1.82) is 0 Å². The Labute approximate surface area is 102 Å². The van der Waals surface area contributed by atoms with E-state index in [1.165, 1.54) is 18.2 Å². The molecule has 0 bridgehead atoms. The smallest absolute Gasteiger partial charge is 0.123 e. The number of halogens is 2. The summed E-state index contributed by atoms with van der Waals surface area (Å²) in [4.78, 5) is 0. The monoisotopic (exact) mass is 294 g/mol. The van der Waals surface area contributed by atoms with Crippen LogP contribution in [0.2, 0.25) is 0 Å². The van der Waals surface area contributed by atoms with E-state index in [4.69, 9.17) is 0 Å². The minimum atomic E-state index is -1.10. The molecule has 2 atom stereocenters. The lowest BCUT2D eigenvalue weighted by Crippen LogP contribution is -2.19. The Balaban J connectivity index is 2.89. The molecule has 0 heterocycles. The van der Waals surface area contributed by atoms with Crippen LogP contribution in [-0.4, -0.2) is 22.1 Å². The van der Waals surface area contributed by atoms with Crippen LogP contribution in [0, 0.1) is 5.82 Å². The molecule has 15 heavy (non-hydrogen) atoms. The molecule has 5 heteroatoms. The standard InChI is InChI=1S/C10H12BrFO2S/c11-8-2-1-6(12)5-7(8)10(14)9(13)3-4-15/h1-2,5,9-10,13-15H,3-4H2. The van der Waals surface area contributed by atoms with Gasteiger partial charge in [0.15, 0.2) is 0 Å². The van der Waals surface area contributed by atoms with E-state index < -0.39 is 18.0 Å². The van der Waals surface area contributed by atoms with Gasteiger partial charge in [-0.15, -0.1) is 0 Å². The van der Waals surface area contributed by atoms with Crippen molar-refractivity contribution >= 4 is 28.6 Å². The highest BCUT2D eigenvalue weighted by molar-refractivity contribution is 9.10. The molecule has 0 fully saturated rings. The molecule has 2 N–H and O–H groups in total. The highest BCUT2D eigenvalue weighted by atomic mass is 79.9. The van der Waals surface area contributed by atoms with Gasteiger partial charge in [0.2, 0.25) is 0 Å². The van der Waals surface area contributed by atoms with Crippen LogP contribution in [0.25, 0.3) is 0 Å². The molecule has 1 rings (SSSR count). The molecule has 0 spiro atoms. The summed E-state index contributed by atoms with van der Waals surface area (Å²) in [5, 5.41) is 19.3. The van der Waals surface area contributed by atoms with Gasteiger partial charge in [0.25, 0.3) is 0 Å². The number of rotatable bonds is 4. The van der Waals surface area contributed by atoms with Gasteiger partial charge >= 0.3 is 0 Å². The zero-order valence-corrected chi connectivity index (χ0v) is 10.4. The van der Waals surface area contributed by atoms with E-state index in [-0.39, 0.29) is 0 Å². The van der Waals surface area contributed by atoms with Crippen LogP contribution in [0.15, 0.2) is 22.7 Å². The molecule has 0 aliphatic heterocycles. The second-order valence-electron chi connectivity index (χ2n) is 3.19. The van der Waals surface area contributed by atoms with Crippen LogP contribution < -0.4 is 0 Å². The summed E-state index contributed by atoms with van der Waals surface area (Å²) in [6, 6.07) is 3.99. The zero-order chi connectivity index (χ0) is 11.4. The average Bonchev–Trinajstić information content (AvgIpc) is 2.21. The Morgan fingerprint density at radius 3 is 2.67 bits per heavy atom. The number of aliphatic hydroxyl groups is 2. The van der Waals surface area contributed by atoms with Crippen molar-refractivity contribution in [3.8, 4) is 0 Å². The van der Waals surface area contributed by atoms with Crippen LogP contribution in [-0.2, 0) is 0 Å². The van der Waals surface area contributed by atoms with Gasteiger partial charge in [-0.2, -0.15) is 12.6 Å². The fourth-order valence-corrected chi connectivity index (χ4v) is 1.98. The Morgan fingerprint density at radius 2 is 2.07 bits per heavy atom. The Hall–Kier alpha value is -0.100. The zero-order valence-electron chi connectivity index (χ0n) is 7.90. The Kier molecular flexibility index (Phi) is 5.05. The van der Waals surface area contributed by atoms with Gasteiger partial charge in [0.05, 0.1) is 6.10 Å². The lowest BCUT2D eigenvalue weighted by Gasteiger charge is -2.18. The third-order valence-electron chi connectivity index (χ3n) is 2.07. The van der Waals surface area contributed by atoms with E-state index in [2.05, 4.69) is 28.6 Å². The number of benzene rings is 1. The molecule has 0 saturated carbocycles. The first-order valence-corrected chi connectivity index (χ1v) is 5.90. The van der Waals surface area contributed by atoms with Gasteiger partial charge < -0.3 is 10.2 Å². The van der Waals surface area contributed by atoms with Crippen molar-refractivity contribution in [3.63, 3.8) is 0 Å². The number of hydrogen-bond acceptors (Lipinski definition) is 3. The Bertz CT molecular complexity index is 335. The maximum absolute atomic E-state index is 12.9. The first-order chi connectivity index (χ1) is 7.06. The summed E-state index contributed by atoms with van der Waals surface area (Å²) in [7, 11) is 0. The third-order valence-corrected chi connectivity index (χ3v) is 3.05. The summed E-state index contributed by atoms with van der Waals surface area (Å²) >= 11 is 7.15. The maximum Gasteiger partial charge on any atom is 0.123 e. The lowest BCUT2D eigenvalue weighted by atomic mass is 10.0. The van der Waals surface area contributed by atoms with Gasteiger partial charge in [0, 0.05) is 10.0 Å². The summed E-state index contributed by atoms with van der Waals surface area (Å²) in [6.07, 6.45) is -1.67. The molecule has 2 unspecified atom stereocenters. The van der Waals surface area contributed by atoms with E-state index in [1.807, 2.05) is 0 Å². The fourth-order valence-electron chi connectivity index (χ4n) is 1.24. The SMILES string of the molecule is OC(CCS)C(O)c1cc(F)ccc1Br. The number of aliphatic hydroxyl groups excluding tert-OH is 2. The van der Waals surface area contributed by atoms with Gasteiger partial charge in [-0.3, -0.25) is 0 Å². The second-order valence-corrected chi connectivity index (χ2v) is 4.49. The first kappa shape index (κ1) is 13.0. The molecule has 2 nitrogen and oxygen atoms in total. The molecule has 0 aromatic heterocycles. The van der Waals surface area contributed by atoms with E-state index >= 15 is 0 Å². The highest BCUT2D eigenvalue weighted by Gasteiger charge is 2.20. The number of thiol groups is 1. The first-order valence-electron chi connectivity index (χ1n) is 4.48. The van der Waals surface area contributed by atoms with Crippen molar-refractivity contribution in [1.82, 2.24) is 0 Å². The molecule has 0 aliphatic rings. The van der Waals surface area contributed by atoms with Crippen LogP contribution in [0.1, 0.15) is 18.1 Å². The van der Waals surface area contributed by atoms with Crippen LogP contribution in [0.4, 0.5) is 4.39 Å². The van der Waals surface area contributed by atoms with Gasteiger partial charge in [-0.05, 0) is 30.4 Å². The molecule has 0 radical (unpaired) electrons. The van der Waals surface area contributed by atoms with Crippen molar-refractivity contribution in [2.45, 2.75) is 18.6 Å². The molecular formula is C10H12BrFO2S. The lowest BCUT2D eigenvalue weighted by molar-refractivity contribution is 0.0166. The van der Waals surface area contributed by atoms with Crippen LogP contribution in [0.5, 0.6) is 0 Å². The van der Waals surface area contributed by atoms with Crippen molar-refractivity contribution < 1.29 is 14.6 Å². The molecule has 0 amide bonds. The summed E-state index contributed by atoms with van der Waals surface area (Å²) in [6.45, 7) is 0. The van der Waals surface area contributed by atoms with Crippen molar-refractivity contribution in [3.05, 3.63) is 34.1 Å². The van der Waals surface area contributed by atoms with E-state index in [0.29, 0.717) is 22.2 Å². The predicted octanol–water partition coefficient (Wildman–Crippen LogP) is 2.30. The van der Waals surface area contributed by atoms with Gasteiger partial charge in [-0.1, -0.05) is 15.9 Å². The maximum atomic E-state index is 12.9. The fraction of sp³-hybridized carbons (Fsp3) is 0.400. The molecular weight excluding hydrogens is 283 g/mol. The molecule has 0 saturated heterocycles. The van der Waals surface area contributed by atoms with E-state index in [9.17, 15) is 14.6 Å². The summed E-state index contributed by atoms with van der Waals surface area (Å²) in [5.41, 5.74) is 0.351. The normalized spacial score (nSPS) is 15.0. The Morgan fingerprint density at radius 1 is 1.40 bits per heavy atom. The summed E-state index contributed by atoms with van der Waals surface area (Å²) < 4.78 is 13.5. The van der Waals surface area contributed by atoms with Gasteiger partial charge in [0.1, 0.15) is 11.9 Å². The quantitative estimate of drug-likeness (QED) is 0.746. The average molecular weight is 295 g/mol. The number of hydrogen-bond donors (Lipinski definition) is 3. The van der Waals surface area contributed by atoms with Crippen LogP contribution >= 0.6 is 28.6 Å². The largest absolute Gasteiger partial charge is 0.390 e. The second kappa shape index (κ2) is 5.84. The minimum absolute atomic E-state index is 0.351.